The molecular formula is C11H11BrN2O2. The van der Waals surface area contributed by atoms with Crippen LogP contribution in [0.15, 0.2) is 16.7 Å². The van der Waals surface area contributed by atoms with Gasteiger partial charge in [0.1, 0.15) is 5.56 Å². The van der Waals surface area contributed by atoms with Crippen LogP contribution in [0.1, 0.15) is 21.6 Å². The summed E-state index contributed by atoms with van der Waals surface area (Å²) in [6.07, 6.45) is 1.82. The average Bonchev–Trinajstić information content (AvgIpc) is 2.53. The molecule has 2 aromatic rings. The van der Waals surface area contributed by atoms with Crippen LogP contribution in [0.25, 0.3) is 5.52 Å². The first-order valence-corrected chi connectivity index (χ1v) is 5.57. The van der Waals surface area contributed by atoms with Gasteiger partial charge >= 0.3 is 5.97 Å². The predicted molar refractivity (Wildman–Crippen MR) is 63.7 cm³/mol. The monoisotopic (exact) mass is 282 g/mol. The summed E-state index contributed by atoms with van der Waals surface area (Å²) in [6, 6.07) is 1.95. The lowest BCUT2D eigenvalue weighted by molar-refractivity contribution is 0.0602. The molecule has 0 saturated heterocycles. The summed E-state index contributed by atoms with van der Waals surface area (Å²) in [6.45, 7) is 3.74. The van der Waals surface area contributed by atoms with E-state index in [2.05, 4.69) is 21.0 Å². The maximum Gasteiger partial charge on any atom is 0.342 e. The molecule has 0 aromatic carbocycles. The molecule has 0 radical (unpaired) electrons. The van der Waals surface area contributed by atoms with Crippen molar-refractivity contribution < 1.29 is 9.53 Å². The van der Waals surface area contributed by atoms with Crippen molar-refractivity contribution in [2.45, 2.75) is 13.8 Å². The van der Waals surface area contributed by atoms with E-state index in [1.807, 2.05) is 19.2 Å². The van der Waals surface area contributed by atoms with Gasteiger partial charge in [0.05, 0.1) is 18.3 Å². The minimum absolute atomic E-state index is 0.349. The second-order valence-corrected chi connectivity index (χ2v) is 4.50. The molecule has 2 heterocycles. The van der Waals surface area contributed by atoms with Crippen molar-refractivity contribution in [3.05, 3.63) is 33.6 Å². The number of carbonyl (C=O) groups excluding carboxylic acids is 1. The fourth-order valence-corrected chi connectivity index (χ4v) is 2.33. The fourth-order valence-electron chi connectivity index (χ4n) is 1.79. The van der Waals surface area contributed by atoms with Gasteiger partial charge in [-0.1, -0.05) is 0 Å². The Bertz CT molecular complexity index is 575. The molecule has 4 nitrogen and oxygen atoms in total. The zero-order valence-electron chi connectivity index (χ0n) is 9.24. The number of hydrogen-bond acceptors (Lipinski definition) is 3. The Balaban J connectivity index is 2.84. The van der Waals surface area contributed by atoms with Crippen molar-refractivity contribution >= 4 is 27.4 Å². The molecule has 0 aliphatic heterocycles. The normalized spacial score (nSPS) is 10.8. The Morgan fingerprint density at radius 3 is 2.81 bits per heavy atom. The molecular weight excluding hydrogens is 272 g/mol. The van der Waals surface area contributed by atoms with E-state index in [-0.39, 0.29) is 5.97 Å². The molecule has 16 heavy (non-hydrogen) atoms. The van der Waals surface area contributed by atoms with Gasteiger partial charge in [-0.15, -0.1) is 0 Å². The van der Waals surface area contributed by atoms with Gasteiger partial charge in [0.25, 0.3) is 0 Å². The summed E-state index contributed by atoms with van der Waals surface area (Å²) >= 11 is 3.39. The number of aromatic nitrogens is 2. The van der Waals surface area contributed by atoms with Gasteiger partial charge in [-0.25, -0.2) is 9.31 Å². The maximum absolute atomic E-state index is 11.7. The lowest BCUT2D eigenvalue weighted by Gasteiger charge is -2.02. The average molecular weight is 283 g/mol. The van der Waals surface area contributed by atoms with Crippen LogP contribution in [0.4, 0.5) is 0 Å². The summed E-state index contributed by atoms with van der Waals surface area (Å²) in [5.74, 6) is -0.349. The number of ether oxygens (including phenoxy) is 1. The summed E-state index contributed by atoms with van der Waals surface area (Å²) in [7, 11) is 1.37. The van der Waals surface area contributed by atoms with Crippen LogP contribution >= 0.6 is 15.9 Å². The molecule has 2 aromatic heterocycles. The number of esters is 1. The van der Waals surface area contributed by atoms with Crippen molar-refractivity contribution in [3.63, 3.8) is 0 Å². The highest BCUT2D eigenvalue weighted by molar-refractivity contribution is 9.10. The van der Waals surface area contributed by atoms with Crippen molar-refractivity contribution in [3.8, 4) is 0 Å². The van der Waals surface area contributed by atoms with Crippen LogP contribution in [0, 0.1) is 13.8 Å². The largest absolute Gasteiger partial charge is 0.465 e. The minimum Gasteiger partial charge on any atom is -0.465 e. The molecule has 0 saturated carbocycles. The Kier molecular flexibility index (Phi) is 2.71. The number of fused-ring (bicyclic) bond motifs is 1. The highest BCUT2D eigenvalue weighted by atomic mass is 79.9. The summed E-state index contributed by atoms with van der Waals surface area (Å²) in [4.78, 5) is 11.7. The van der Waals surface area contributed by atoms with Crippen LogP contribution in [0.2, 0.25) is 0 Å². The number of rotatable bonds is 1. The molecule has 84 valence electrons. The van der Waals surface area contributed by atoms with Crippen molar-refractivity contribution in [1.29, 1.82) is 0 Å². The topological polar surface area (TPSA) is 43.6 Å². The van der Waals surface area contributed by atoms with E-state index in [0.29, 0.717) is 11.3 Å². The van der Waals surface area contributed by atoms with E-state index in [0.717, 1.165) is 15.6 Å². The summed E-state index contributed by atoms with van der Waals surface area (Å²) < 4.78 is 7.39. The molecule has 0 fully saturated rings. The van der Waals surface area contributed by atoms with Gasteiger partial charge < -0.3 is 4.74 Å². The lowest BCUT2D eigenvalue weighted by atomic mass is 10.1. The highest BCUT2D eigenvalue weighted by Crippen LogP contribution is 2.23. The van der Waals surface area contributed by atoms with Gasteiger partial charge in [-0.3, -0.25) is 0 Å². The lowest BCUT2D eigenvalue weighted by Crippen LogP contribution is -2.03. The number of aryl methyl sites for hydroxylation is 2. The van der Waals surface area contributed by atoms with Crippen molar-refractivity contribution in [2.75, 3.05) is 7.11 Å². The molecule has 0 amide bonds. The third-order valence-electron chi connectivity index (χ3n) is 2.45. The Morgan fingerprint density at radius 2 is 2.19 bits per heavy atom. The third-order valence-corrected chi connectivity index (χ3v) is 2.88. The molecule has 5 heteroatoms. The quantitative estimate of drug-likeness (QED) is 0.755. The number of hydrogen-bond donors (Lipinski definition) is 0. The minimum atomic E-state index is -0.349. The van der Waals surface area contributed by atoms with E-state index in [1.165, 1.54) is 7.11 Å². The van der Waals surface area contributed by atoms with Crippen LogP contribution in [-0.4, -0.2) is 22.7 Å². The fraction of sp³-hybridized carbons (Fsp3) is 0.273. The number of pyridine rings is 1. The Morgan fingerprint density at radius 1 is 1.50 bits per heavy atom. The van der Waals surface area contributed by atoms with E-state index >= 15 is 0 Å². The SMILES string of the molecule is COC(=O)c1c(C)nn2cc(Br)cc(C)c12. The smallest absolute Gasteiger partial charge is 0.342 e. The van der Waals surface area contributed by atoms with Gasteiger partial charge in [0.2, 0.25) is 0 Å². The third kappa shape index (κ3) is 1.61. The van der Waals surface area contributed by atoms with Gasteiger partial charge in [0.15, 0.2) is 0 Å². The first-order valence-electron chi connectivity index (χ1n) is 4.78. The number of nitrogens with zero attached hydrogens (tertiary/aromatic N) is 2. The van der Waals surface area contributed by atoms with E-state index in [1.54, 1.807) is 11.4 Å². The molecule has 0 spiro atoms. The van der Waals surface area contributed by atoms with Crippen molar-refractivity contribution in [1.82, 2.24) is 9.61 Å². The molecule has 2 rings (SSSR count). The van der Waals surface area contributed by atoms with E-state index < -0.39 is 0 Å². The van der Waals surface area contributed by atoms with Crippen molar-refractivity contribution in [2.24, 2.45) is 0 Å². The molecule has 0 N–H and O–H groups in total. The number of halogens is 1. The van der Waals surface area contributed by atoms with Gasteiger partial charge in [0, 0.05) is 10.7 Å². The molecule has 0 atom stereocenters. The Labute approximate surface area is 101 Å². The molecule has 0 aliphatic rings. The molecule has 0 aliphatic carbocycles. The van der Waals surface area contributed by atoms with E-state index in [4.69, 9.17) is 4.74 Å². The Hall–Kier alpha value is -1.36. The van der Waals surface area contributed by atoms with Crippen LogP contribution < -0.4 is 0 Å². The number of carbonyl (C=O) groups is 1. The predicted octanol–water partition coefficient (Wildman–Crippen LogP) is 2.50. The first-order chi connectivity index (χ1) is 7.54. The van der Waals surface area contributed by atoms with Crippen LogP contribution in [0.3, 0.4) is 0 Å². The number of methoxy groups -OCH3 is 1. The van der Waals surface area contributed by atoms with Crippen LogP contribution in [-0.2, 0) is 4.74 Å². The second kappa shape index (κ2) is 3.90. The molecule has 0 bridgehead atoms. The molecule has 0 unspecified atom stereocenters. The van der Waals surface area contributed by atoms with Gasteiger partial charge in [-0.05, 0) is 41.4 Å². The summed E-state index contributed by atoms with van der Waals surface area (Å²) in [5.41, 5.74) is 2.99. The van der Waals surface area contributed by atoms with Crippen LogP contribution in [0.5, 0.6) is 0 Å². The van der Waals surface area contributed by atoms with E-state index in [9.17, 15) is 4.79 Å². The standard InChI is InChI=1S/C11H11BrN2O2/c1-6-4-8(12)5-14-10(6)9(7(2)13-14)11(15)16-3/h4-5H,1-3H3. The second-order valence-electron chi connectivity index (χ2n) is 3.59. The highest BCUT2D eigenvalue weighted by Gasteiger charge is 2.19. The summed E-state index contributed by atoms with van der Waals surface area (Å²) in [5, 5.41) is 4.29. The first kappa shape index (κ1) is 11.1. The zero-order chi connectivity index (χ0) is 11.9. The maximum atomic E-state index is 11.7. The van der Waals surface area contributed by atoms with Gasteiger partial charge in [-0.2, -0.15) is 5.10 Å². The zero-order valence-corrected chi connectivity index (χ0v) is 10.8.